The van der Waals surface area contributed by atoms with Gasteiger partial charge in [-0.3, -0.25) is 4.90 Å². The Kier molecular flexibility index (Phi) is 6.06. The molecule has 4 aliphatic heterocycles. The first-order chi connectivity index (χ1) is 16.4. The number of nitrogens with one attached hydrogen (secondary N) is 1. The Bertz CT molecular complexity index is 1040. The molecule has 3 saturated heterocycles. The highest BCUT2D eigenvalue weighted by molar-refractivity contribution is 5.71. The van der Waals surface area contributed by atoms with Gasteiger partial charge in [0.2, 0.25) is 0 Å². The number of ether oxygens (including phenoxy) is 4. The number of carbonyl (C=O) groups is 1. The van der Waals surface area contributed by atoms with Gasteiger partial charge in [0.25, 0.3) is 0 Å². The summed E-state index contributed by atoms with van der Waals surface area (Å²) in [6.07, 6.45) is 1.87. The lowest BCUT2D eigenvalue weighted by atomic mass is 9.78. The van der Waals surface area contributed by atoms with Gasteiger partial charge in [0, 0.05) is 23.6 Å². The number of rotatable bonds is 5. The molecule has 4 heterocycles. The monoisotopic (exact) mass is 466 g/mol. The predicted molar refractivity (Wildman–Crippen MR) is 130 cm³/mol. The lowest BCUT2D eigenvalue weighted by Gasteiger charge is -2.44. The Morgan fingerprint density at radius 2 is 1.74 bits per heavy atom. The maximum Gasteiger partial charge on any atom is 0.407 e. The third kappa shape index (κ3) is 4.41. The van der Waals surface area contributed by atoms with Gasteiger partial charge >= 0.3 is 6.09 Å². The SMILES string of the molecule is COc1cc(OC)cc(-c2ccc3c(c2)OCC(C)(C)C3NC(=O)O[C@@H]2CN3CCC2CC3)c1. The average molecular weight is 467 g/mol. The Hall–Kier alpha value is -2.93. The van der Waals surface area contributed by atoms with Gasteiger partial charge in [0.1, 0.15) is 23.4 Å². The van der Waals surface area contributed by atoms with E-state index >= 15 is 0 Å². The second kappa shape index (κ2) is 9.02. The molecule has 0 spiro atoms. The molecule has 6 rings (SSSR count). The molecule has 34 heavy (non-hydrogen) atoms. The van der Waals surface area contributed by atoms with E-state index in [0.717, 1.165) is 66.4 Å². The lowest BCUT2D eigenvalue weighted by Crippen LogP contribution is -2.53. The molecule has 0 radical (unpaired) electrons. The molecule has 0 aliphatic carbocycles. The number of hydrogen-bond acceptors (Lipinski definition) is 6. The minimum atomic E-state index is -0.341. The van der Waals surface area contributed by atoms with E-state index in [1.54, 1.807) is 14.2 Å². The molecule has 7 nitrogen and oxygen atoms in total. The molecule has 2 aromatic carbocycles. The van der Waals surface area contributed by atoms with E-state index in [1.165, 1.54) is 0 Å². The fourth-order valence-corrected chi connectivity index (χ4v) is 5.43. The van der Waals surface area contributed by atoms with Crippen LogP contribution in [0.1, 0.15) is 38.3 Å². The van der Waals surface area contributed by atoms with Gasteiger partial charge in [-0.25, -0.2) is 4.79 Å². The second-order valence-electron chi connectivity index (χ2n) is 10.3. The number of nitrogens with zero attached hydrogens (tertiary/aromatic N) is 1. The van der Waals surface area contributed by atoms with Gasteiger partial charge in [-0.05, 0) is 61.2 Å². The molecule has 182 valence electrons. The first kappa shape index (κ1) is 22.8. The molecule has 4 aliphatic rings. The fourth-order valence-electron chi connectivity index (χ4n) is 5.43. The Balaban J connectivity index is 1.37. The van der Waals surface area contributed by atoms with Crippen LogP contribution in [-0.2, 0) is 4.74 Å². The zero-order chi connectivity index (χ0) is 23.9. The third-order valence-corrected chi connectivity index (χ3v) is 7.51. The number of amides is 1. The largest absolute Gasteiger partial charge is 0.497 e. The van der Waals surface area contributed by atoms with Gasteiger partial charge in [-0.2, -0.15) is 0 Å². The molecule has 7 heteroatoms. The van der Waals surface area contributed by atoms with Crippen LogP contribution in [0.4, 0.5) is 4.79 Å². The number of benzene rings is 2. The highest BCUT2D eigenvalue weighted by Gasteiger charge is 2.41. The summed E-state index contributed by atoms with van der Waals surface area (Å²) in [5.41, 5.74) is 2.64. The number of methoxy groups -OCH3 is 2. The van der Waals surface area contributed by atoms with Crippen molar-refractivity contribution in [3.8, 4) is 28.4 Å². The van der Waals surface area contributed by atoms with Crippen molar-refractivity contribution in [2.24, 2.45) is 11.3 Å². The quantitative estimate of drug-likeness (QED) is 0.692. The highest BCUT2D eigenvalue weighted by Crippen LogP contribution is 2.45. The van der Waals surface area contributed by atoms with E-state index in [9.17, 15) is 4.79 Å². The molecule has 1 amide bonds. The molecule has 1 N–H and O–H groups in total. The summed E-state index contributed by atoms with van der Waals surface area (Å²) >= 11 is 0. The molecule has 2 aromatic rings. The predicted octanol–water partition coefficient (Wildman–Crippen LogP) is 4.65. The normalized spacial score (nSPS) is 26.7. The first-order valence-corrected chi connectivity index (χ1v) is 12.1. The maximum absolute atomic E-state index is 13.0. The number of carbonyl (C=O) groups excluding carboxylic acids is 1. The second-order valence-corrected chi connectivity index (χ2v) is 10.3. The van der Waals surface area contributed by atoms with Gasteiger partial charge < -0.3 is 24.3 Å². The topological polar surface area (TPSA) is 69.3 Å². The van der Waals surface area contributed by atoms with Crippen molar-refractivity contribution in [2.75, 3.05) is 40.5 Å². The summed E-state index contributed by atoms with van der Waals surface area (Å²) < 4.78 is 22.9. The number of alkyl carbamates (subject to hydrolysis) is 1. The number of piperidine rings is 3. The Morgan fingerprint density at radius 1 is 1.03 bits per heavy atom. The zero-order valence-electron chi connectivity index (χ0n) is 20.4. The molecule has 3 fully saturated rings. The molecular weight excluding hydrogens is 432 g/mol. The van der Waals surface area contributed by atoms with Crippen LogP contribution in [0.25, 0.3) is 11.1 Å². The van der Waals surface area contributed by atoms with E-state index in [-0.39, 0.29) is 23.7 Å². The molecule has 0 aromatic heterocycles. The smallest absolute Gasteiger partial charge is 0.407 e. The maximum atomic E-state index is 13.0. The van der Waals surface area contributed by atoms with Crippen LogP contribution >= 0.6 is 0 Å². The molecule has 2 bridgehead atoms. The van der Waals surface area contributed by atoms with E-state index in [2.05, 4.69) is 24.1 Å². The van der Waals surface area contributed by atoms with E-state index in [4.69, 9.17) is 18.9 Å². The van der Waals surface area contributed by atoms with Crippen LogP contribution in [0, 0.1) is 11.3 Å². The van der Waals surface area contributed by atoms with E-state index in [0.29, 0.717) is 12.5 Å². The average Bonchev–Trinajstić information content (AvgIpc) is 2.86. The van der Waals surface area contributed by atoms with Crippen molar-refractivity contribution < 1.29 is 23.7 Å². The van der Waals surface area contributed by atoms with Crippen molar-refractivity contribution >= 4 is 6.09 Å². The van der Waals surface area contributed by atoms with Gasteiger partial charge in [-0.1, -0.05) is 26.0 Å². The van der Waals surface area contributed by atoms with Crippen LogP contribution in [0.2, 0.25) is 0 Å². The van der Waals surface area contributed by atoms with E-state index < -0.39 is 0 Å². The summed E-state index contributed by atoms with van der Waals surface area (Å²) in [5, 5.41) is 3.17. The molecule has 1 unspecified atom stereocenters. The van der Waals surface area contributed by atoms with Crippen molar-refractivity contribution in [3.63, 3.8) is 0 Å². The van der Waals surface area contributed by atoms with E-state index in [1.807, 2.05) is 36.4 Å². The number of fused-ring (bicyclic) bond motifs is 4. The molecule has 0 saturated carbocycles. The zero-order valence-corrected chi connectivity index (χ0v) is 20.4. The minimum absolute atomic E-state index is 0.0182. The fraction of sp³-hybridized carbons (Fsp3) is 0.519. The van der Waals surface area contributed by atoms with Crippen LogP contribution in [0.5, 0.6) is 17.2 Å². The van der Waals surface area contributed by atoms with Gasteiger partial charge in [0.05, 0.1) is 26.9 Å². The third-order valence-electron chi connectivity index (χ3n) is 7.51. The van der Waals surface area contributed by atoms with Crippen molar-refractivity contribution in [1.29, 1.82) is 0 Å². The summed E-state index contributed by atoms with van der Waals surface area (Å²) in [4.78, 5) is 15.4. The summed E-state index contributed by atoms with van der Waals surface area (Å²) in [7, 11) is 3.28. The summed E-state index contributed by atoms with van der Waals surface area (Å²) in [5.74, 6) is 2.70. The summed E-state index contributed by atoms with van der Waals surface area (Å²) in [6.45, 7) is 7.79. The molecular formula is C27H34N2O5. The highest BCUT2D eigenvalue weighted by atomic mass is 16.6. The van der Waals surface area contributed by atoms with Crippen LogP contribution in [-0.4, -0.2) is 57.6 Å². The van der Waals surface area contributed by atoms with Gasteiger partial charge in [-0.15, -0.1) is 0 Å². The molecule has 2 atom stereocenters. The Morgan fingerprint density at radius 3 is 2.35 bits per heavy atom. The van der Waals surface area contributed by atoms with Crippen LogP contribution in [0.3, 0.4) is 0 Å². The van der Waals surface area contributed by atoms with Crippen LogP contribution < -0.4 is 19.5 Å². The minimum Gasteiger partial charge on any atom is -0.497 e. The Labute approximate surface area is 201 Å². The number of hydrogen-bond donors (Lipinski definition) is 1. The van der Waals surface area contributed by atoms with Crippen LogP contribution in [0.15, 0.2) is 36.4 Å². The van der Waals surface area contributed by atoms with Gasteiger partial charge in [0.15, 0.2) is 0 Å². The summed E-state index contributed by atoms with van der Waals surface area (Å²) in [6, 6.07) is 11.7. The lowest BCUT2D eigenvalue weighted by molar-refractivity contribution is -0.0361. The standard InChI is InChI=1S/C27H34N2O5/c1-27(2)16-33-23-13-18(19-11-20(31-3)14-21(12-19)32-4)5-6-22(23)25(27)28-26(30)34-24-15-29-9-7-17(24)8-10-29/h5-6,11-14,17,24-25H,7-10,15-16H2,1-4H3,(H,28,30)/t24-,25?/m1/s1. The van der Waals surface area contributed by atoms with Crippen molar-refractivity contribution in [1.82, 2.24) is 10.2 Å². The van der Waals surface area contributed by atoms with Crippen molar-refractivity contribution in [2.45, 2.75) is 38.8 Å². The van der Waals surface area contributed by atoms with Crippen molar-refractivity contribution in [3.05, 3.63) is 42.0 Å². The first-order valence-electron chi connectivity index (χ1n) is 12.1.